The van der Waals surface area contributed by atoms with E-state index in [0.717, 1.165) is 37.4 Å². The topological polar surface area (TPSA) is 54.0 Å². The standard InChI is InChI=1S/C18H23N3OS2/c1-2-23-12-13-3-5-15(6-4-13)17(22)21-18-20-11-16(24-18)14-7-9-19-10-8-14/h3-6,11,14,19H,2,7-10,12H2,1H3,(H,20,21,22). The van der Waals surface area contributed by atoms with Crippen molar-refractivity contribution >= 4 is 34.1 Å². The number of thioether (sulfide) groups is 1. The average Bonchev–Trinajstić information content (AvgIpc) is 3.09. The van der Waals surface area contributed by atoms with Gasteiger partial charge in [-0.05, 0) is 55.3 Å². The van der Waals surface area contributed by atoms with E-state index in [2.05, 4.69) is 22.5 Å². The normalized spacial score (nSPS) is 15.4. The summed E-state index contributed by atoms with van der Waals surface area (Å²) < 4.78 is 0. The highest BCUT2D eigenvalue weighted by atomic mass is 32.2. The van der Waals surface area contributed by atoms with Gasteiger partial charge in [-0.3, -0.25) is 10.1 Å². The molecule has 1 aromatic carbocycles. The van der Waals surface area contributed by atoms with Crippen LogP contribution in [0.4, 0.5) is 5.13 Å². The van der Waals surface area contributed by atoms with Gasteiger partial charge in [-0.25, -0.2) is 4.98 Å². The molecule has 1 fully saturated rings. The summed E-state index contributed by atoms with van der Waals surface area (Å²) in [4.78, 5) is 18.0. The SMILES string of the molecule is CCSCc1ccc(C(=O)Nc2ncc(C3CCNCC3)s2)cc1. The number of nitrogens with zero attached hydrogens (tertiary/aromatic N) is 1. The molecule has 0 atom stereocenters. The first kappa shape index (κ1) is 17.5. The molecular weight excluding hydrogens is 338 g/mol. The van der Waals surface area contributed by atoms with Gasteiger partial charge in [0.05, 0.1) is 0 Å². The van der Waals surface area contributed by atoms with Gasteiger partial charge >= 0.3 is 0 Å². The first-order valence-electron chi connectivity index (χ1n) is 8.40. The fourth-order valence-corrected chi connectivity index (χ4v) is 4.39. The highest BCUT2D eigenvalue weighted by molar-refractivity contribution is 7.98. The van der Waals surface area contributed by atoms with Crippen LogP contribution < -0.4 is 10.6 Å². The summed E-state index contributed by atoms with van der Waals surface area (Å²) in [6.07, 6.45) is 4.21. The zero-order valence-electron chi connectivity index (χ0n) is 13.9. The summed E-state index contributed by atoms with van der Waals surface area (Å²) in [5, 5.41) is 7.00. The molecule has 1 saturated heterocycles. The first-order chi connectivity index (χ1) is 11.8. The van der Waals surface area contributed by atoms with Crippen molar-refractivity contribution in [3.05, 3.63) is 46.5 Å². The Bertz CT molecular complexity index is 663. The van der Waals surface area contributed by atoms with Crippen molar-refractivity contribution < 1.29 is 4.79 Å². The molecule has 1 aliphatic rings. The maximum absolute atomic E-state index is 12.4. The van der Waals surface area contributed by atoms with Crippen molar-refractivity contribution in [3.8, 4) is 0 Å². The van der Waals surface area contributed by atoms with Gasteiger partial charge in [0.1, 0.15) is 0 Å². The minimum atomic E-state index is -0.0871. The monoisotopic (exact) mass is 361 g/mol. The first-order valence-corrected chi connectivity index (χ1v) is 10.4. The van der Waals surface area contributed by atoms with Crippen molar-refractivity contribution in [1.29, 1.82) is 0 Å². The lowest BCUT2D eigenvalue weighted by molar-refractivity contribution is 0.102. The van der Waals surface area contributed by atoms with Crippen LogP contribution in [0.3, 0.4) is 0 Å². The smallest absolute Gasteiger partial charge is 0.257 e. The zero-order valence-corrected chi connectivity index (χ0v) is 15.5. The van der Waals surface area contributed by atoms with E-state index in [9.17, 15) is 4.79 Å². The van der Waals surface area contributed by atoms with Crippen molar-refractivity contribution in [2.75, 3.05) is 24.2 Å². The number of piperidine rings is 1. The molecular formula is C18H23N3OS2. The van der Waals surface area contributed by atoms with E-state index in [1.807, 2.05) is 42.2 Å². The summed E-state index contributed by atoms with van der Waals surface area (Å²) in [7, 11) is 0. The van der Waals surface area contributed by atoms with Gasteiger partial charge in [0.25, 0.3) is 5.91 Å². The van der Waals surface area contributed by atoms with Crippen LogP contribution >= 0.6 is 23.1 Å². The van der Waals surface area contributed by atoms with Crippen molar-refractivity contribution in [1.82, 2.24) is 10.3 Å². The number of hydrogen-bond donors (Lipinski definition) is 2. The Kier molecular flexibility index (Phi) is 6.29. The van der Waals surface area contributed by atoms with Gasteiger partial charge in [0.2, 0.25) is 0 Å². The molecule has 0 radical (unpaired) electrons. The zero-order chi connectivity index (χ0) is 16.8. The van der Waals surface area contributed by atoms with Gasteiger partial charge < -0.3 is 5.32 Å². The maximum Gasteiger partial charge on any atom is 0.257 e. The summed E-state index contributed by atoms with van der Waals surface area (Å²) in [6, 6.07) is 7.84. The van der Waals surface area contributed by atoms with E-state index < -0.39 is 0 Å². The fraction of sp³-hybridized carbons (Fsp3) is 0.444. The summed E-state index contributed by atoms with van der Waals surface area (Å²) in [5.41, 5.74) is 1.93. The minimum Gasteiger partial charge on any atom is -0.317 e. The molecule has 24 heavy (non-hydrogen) atoms. The third-order valence-electron chi connectivity index (χ3n) is 4.17. The Hall–Kier alpha value is -1.37. The number of rotatable bonds is 6. The highest BCUT2D eigenvalue weighted by Gasteiger charge is 2.18. The second-order valence-corrected chi connectivity index (χ2v) is 8.22. The Morgan fingerprint density at radius 2 is 2.08 bits per heavy atom. The van der Waals surface area contributed by atoms with E-state index >= 15 is 0 Å². The number of thiazole rings is 1. The second kappa shape index (κ2) is 8.65. The minimum absolute atomic E-state index is 0.0871. The van der Waals surface area contributed by atoms with Crippen molar-refractivity contribution in [2.24, 2.45) is 0 Å². The quantitative estimate of drug-likeness (QED) is 0.813. The Balaban J connectivity index is 1.59. The lowest BCUT2D eigenvalue weighted by Gasteiger charge is -2.20. The van der Waals surface area contributed by atoms with E-state index in [1.165, 1.54) is 10.4 Å². The fourth-order valence-electron chi connectivity index (χ4n) is 2.78. The predicted molar refractivity (Wildman–Crippen MR) is 103 cm³/mol. The summed E-state index contributed by atoms with van der Waals surface area (Å²) in [5.74, 6) is 2.58. The van der Waals surface area contributed by atoms with Gasteiger partial charge in [0.15, 0.2) is 5.13 Å². The molecule has 2 heterocycles. The third-order valence-corrected chi connectivity index (χ3v) is 6.20. The number of hydrogen-bond acceptors (Lipinski definition) is 5. The number of carbonyl (C=O) groups excluding carboxylic acids is 1. The third kappa shape index (κ3) is 4.59. The van der Waals surface area contributed by atoms with Crippen LogP contribution in [0.1, 0.15) is 46.5 Å². The van der Waals surface area contributed by atoms with Gasteiger partial charge in [-0.15, -0.1) is 11.3 Å². The molecule has 0 bridgehead atoms. The molecule has 1 aromatic heterocycles. The van der Waals surface area contributed by atoms with Crippen molar-refractivity contribution in [3.63, 3.8) is 0 Å². The lowest BCUT2D eigenvalue weighted by Crippen LogP contribution is -2.26. The van der Waals surface area contributed by atoms with Crippen molar-refractivity contribution in [2.45, 2.75) is 31.4 Å². The molecule has 4 nitrogen and oxygen atoms in total. The molecule has 1 aliphatic heterocycles. The van der Waals surface area contributed by atoms with Gasteiger partial charge in [-0.2, -0.15) is 11.8 Å². The van der Waals surface area contributed by atoms with E-state index in [0.29, 0.717) is 16.6 Å². The summed E-state index contributed by atoms with van der Waals surface area (Å²) >= 11 is 3.48. The second-order valence-electron chi connectivity index (χ2n) is 5.88. The molecule has 0 unspecified atom stereocenters. The Labute approximate surface area is 151 Å². The van der Waals surface area contributed by atoms with Crippen LogP contribution in [0.15, 0.2) is 30.5 Å². The van der Waals surface area contributed by atoms with Crippen LogP contribution in [-0.4, -0.2) is 29.7 Å². The predicted octanol–water partition coefficient (Wildman–Crippen LogP) is 4.12. The molecule has 0 aliphatic carbocycles. The van der Waals surface area contributed by atoms with Crippen LogP contribution in [0.2, 0.25) is 0 Å². The van der Waals surface area contributed by atoms with Gasteiger partial charge in [0, 0.05) is 22.4 Å². The van der Waals surface area contributed by atoms with Crippen LogP contribution in [0.5, 0.6) is 0 Å². The number of aromatic nitrogens is 1. The maximum atomic E-state index is 12.4. The molecule has 0 spiro atoms. The molecule has 2 aromatic rings. The number of benzene rings is 1. The van der Waals surface area contributed by atoms with E-state index in [4.69, 9.17) is 0 Å². The lowest BCUT2D eigenvalue weighted by atomic mass is 9.97. The molecule has 2 N–H and O–H groups in total. The summed E-state index contributed by atoms with van der Waals surface area (Å²) in [6.45, 7) is 4.28. The average molecular weight is 362 g/mol. The molecule has 128 valence electrons. The number of amides is 1. The van der Waals surface area contributed by atoms with Gasteiger partial charge in [-0.1, -0.05) is 19.1 Å². The Morgan fingerprint density at radius 1 is 1.33 bits per heavy atom. The molecule has 1 amide bonds. The van der Waals surface area contributed by atoms with E-state index in [1.54, 1.807) is 11.3 Å². The largest absolute Gasteiger partial charge is 0.317 e. The number of carbonyl (C=O) groups is 1. The number of anilines is 1. The van der Waals surface area contributed by atoms with E-state index in [-0.39, 0.29) is 5.91 Å². The molecule has 6 heteroatoms. The van der Waals surface area contributed by atoms with Crippen LogP contribution in [0.25, 0.3) is 0 Å². The molecule has 3 rings (SSSR count). The number of nitrogens with one attached hydrogen (secondary N) is 2. The van der Waals surface area contributed by atoms with Crippen LogP contribution in [0, 0.1) is 0 Å². The molecule has 0 saturated carbocycles. The Morgan fingerprint density at radius 3 is 2.79 bits per heavy atom. The van der Waals surface area contributed by atoms with Crippen LogP contribution in [-0.2, 0) is 5.75 Å². The highest BCUT2D eigenvalue weighted by Crippen LogP contribution is 2.31.